The first kappa shape index (κ1) is 14.3. The number of carbonyl (C=O) groups is 1. The molecule has 2 rings (SSSR count). The van der Waals surface area contributed by atoms with Gasteiger partial charge in [0.2, 0.25) is 0 Å². The summed E-state index contributed by atoms with van der Waals surface area (Å²) in [4.78, 5) is 16.2. The summed E-state index contributed by atoms with van der Waals surface area (Å²) in [5.41, 5.74) is 7.33. The van der Waals surface area contributed by atoms with Crippen LogP contribution in [-0.2, 0) is 11.3 Å². The zero-order valence-electron chi connectivity index (χ0n) is 11.4. The first-order valence-corrected chi connectivity index (χ1v) is 7.08. The second kappa shape index (κ2) is 6.38. The van der Waals surface area contributed by atoms with Crippen LogP contribution in [0.25, 0.3) is 0 Å². The van der Waals surface area contributed by atoms with Gasteiger partial charge in [-0.15, -0.1) is 11.3 Å². The van der Waals surface area contributed by atoms with Gasteiger partial charge in [0.15, 0.2) is 0 Å². The average molecular weight is 292 g/mol. The van der Waals surface area contributed by atoms with Gasteiger partial charge in [0.1, 0.15) is 12.4 Å². The molecule has 0 aliphatic heterocycles. The number of nitrogens with two attached hydrogens (primary N) is 1. The van der Waals surface area contributed by atoms with Crippen LogP contribution in [0, 0.1) is 6.92 Å². The molecule has 1 heterocycles. The number of aryl methyl sites for hydroxylation is 1. The van der Waals surface area contributed by atoms with E-state index in [1.54, 1.807) is 18.2 Å². The molecule has 0 amide bonds. The van der Waals surface area contributed by atoms with Gasteiger partial charge >= 0.3 is 5.97 Å². The molecule has 0 fully saturated rings. The minimum absolute atomic E-state index is 0.155. The van der Waals surface area contributed by atoms with Gasteiger partial charge in [0, 0.05) is 17.1 Å². The van der Waals surface area contributed by atoms with Crippen molar-refractivity contribution in [1.29, 1.82) is 0 Å². The normalized spacial score (nSPS) is 10.3. The highest BCUT2D eigenvalue weighted by Gasteiger charge is 2.11. The number of anilines is 1. The molecule has 1 aromatic carbocycles. The van der Waals surface area contributed by atoms with Crippen molar-refractivity contribution in [2.45, 2.75) is 20.5 Å². The lowest BCUT2D eigenvalue weighted by atomic mass is 10.2. The second-order valence-electron chi connectivity index (χ2n) is 4.16. The second-order valence-corrected chi connectivity index (χ2v) is 5.22. The predicted octanol–water partition coefficient (Wildman–Crippen LogP) is 2.79. The third-order valence-corrected chi connectivity index (χ3v) is 3.32. The van der Waals surface area contributed by atoms with Gasteiger partial charge < -0.3 is 15.2 Å². The van der Waals surface area contributed by atoms with Crippen LogP contribution in [0.3, 0.4) is 0 Å². The number of thiazole rings is 1. The maximum absolute atomic E-state index is 12.0. The van der Waals surface area contributed by atoms with E-state index in [4.69, 9.17) is 15.2 Å². The molecule has 1 aromatic heterocycles. The summed E-state index contributed by atoms with van der Waals surface area (Å²) < 4.78 is 10.6. The van der Waals surface area contributed by atoms with Crippen LogP contribution in [0.4, 0.5) is 5.69 Å². The van der Waals surface area contributed by atoms with Crippen LogP contribution < -0.4 is 10.5 Å². The standard InChI is InChI=1S/C14H16N2O3S/c1-3-18-13-5-10(4-11(15)6-13)14(17)19-7-12-8-20-9(2)16-12/h4-6,8H,3,7,15H2,1-2H3. The molecule has 0 spiro atoms. The zero-order valence-corrected chi connectivity index (χ0v) is 12.2. The van der Waals surface area contributed by atoms with Crippen LogP contribution in [-0.4, -0.2) is 17.6 Å². The SMILES string of the molecule is CCOc1cc(N)cc(C(=O)OCc2csc(C)n2)c1. The van der Waals surface area contributed by atoms with Crippen LogP contribution in [0.1, 0.15) is 28.0 Å². The fourth-order valence-electron chi connectivity index (χ4n) is 1.69. The summed E-state index contributed by atoms with van der Waals surface area (Å²) in [5, 5.41) is 2.81. The molecule has 20 heavy (non-hydrogen) atoms. The molecule has 0 aliphatic rings. The summed E-state index contributed by atoms with van der Waals surface area (Å²) >= 11 is 1.52. The molecule has 2 aromatic rings. The van der Waals surface area contributed by atoms with Crippen molar-refractivity contribution in [2.24, 2.45) is 0 Å². The molecule has 0 bridgehead atoms. The minimum Gasteiger partial charge on any atom is -0.494 e. The van der Waals surface area contributed by atoms with E-state index in [2.05, 4.69) is 4.98 Å². The number of nitrogen functional groups attached to an aromatic ring is 1. The number of benzene rings is 1. The number of hydrogen-bond donors (Lipinski definition) is 1. The molecule has 0 unspecified atom stereocenters. The Hall–Kier alpha value is -2.08. The molecule has 0 atom stereocenters. The first-order chi connectivity index (χ1) is 9.58. The summed E-state index contributed by atoms with van der Waals surface area (Å²) in [6.07, 6.45) is 0. The Morgan fingerprint density at radius 2 is 2.20 bits per heavy atom. The van der Waals surface area contributed by atoms with E-state index in [1.165, 1.54) is 11.3 Å². The van der Waals surface area contributed by atoms with Crippen LogP contribution in [0.2, 0.25) is 0 Å². The summed E-state index contributed by atoms with van der Waals surface area (Å²) in [5.74, 6) is 0.118. The minimum atomic E-state index is -0.441. The Bertz CT molecular complexity index is 610. The molecule has 2 N–H and O–H groups in total. The third-order valence-electron chi connectivity index (χ3n) is 2.49. The number of ether oxygens (including phenoxy) is 2. The van der Waals surface area contributed by atoms with E-state index < -0.39 is 5.97 Å². The Morgan fingerprint density at radius 1 is 1.40 bits per heavy atom. The molecule has 106 valence electrons. The van der Waals surface area contributed by atoms with Crippen molar-refractivity contribution in [3.8, 4) is 5.75 Å². The molecule has 5 nitrogen and oxygen atoms in total. The smallest absolute Gasteiger partial charge is 0.338 e. The number of esters is 1. The Morgan fingerprint density at radius 3 is 2.85 bits per heavy atom. The van der Waals surface area contributed by atoms with E-state index in [1.807, 2.05) is 19.2 Å². The summed E-state index contributed by atoms with van der Waals surface area (Å²) in [7, 11) is 0. The van der Waals surface area contributed by atoms with Gasteiger partial charge in [-0.2, -0.15) is 0 Å². The third kappa shape index (κ3) is 3.71. The van der Waals surface area contributed by atoms with Crippen LogP contribution in [0.15, 0.2) is 23.6 Å². The first-order valence-electron chi connectivity index (χ1n) is 6.20. The maximum atomic E-state index is 12.0. The fraction of sp³-hybridized carbons (Fsp3) is 0.286. The predicted molar refractivity (Wildman–Crippen MR) is 78.0 cm³/mol. The lowest BCUT2D eigenvalue weighted by molar-refractivity contribution is 0.0468. The van der Waals surface area contributed by atoms with Crippen molar-refractivity contribution in [3.05, 3.63) is 39.8 Å². The van der Waals surface area contributed by atoms with Gasteiger partial charge in [-0.05, 0) is 26.0 Å². The van der Waals surface area contributed by atoms with Gasteiger partial charge in [-0.25, -0.2) is 9.78 Å². The van der Waals surface area contributed by atoms with Crippen molar-refractivity contribution >= 4 is 23.0 Å². The largest absolute Gasteiger partial charge is 0.494 e. The van der Waals surface area contributed by atoms with Crippen LogP contribution in [0.5, 0.6) is 5.75 Å². The molecule has 0 aliphatic carbocycles. The van der Waals surface area contributed by atoms with E-state index >= 15 is 0 Å². The molecule has 0 saturated carbocycles. The lowest BCUT2D eigenvalue weighted by Gasteiger charge is -2.08. The molecule has 0 saturated heterocycles. The number of hydrogen-bond acceptors (Lipinski definition) is 6. The average Bonchev–Trinajstić information content (AvgIpc) is 2.81. The monoisotopic (exact) mass is 292 g/mol. The van der Waals surface area contributed by atoms with Gasteiger partial charge in [-0.1, -0.05) is 0 Å². The van der Waals surface area contributed by atoms with Crippen molar-refractivity contribution in [1.82, 2.24) is 4.98 Å². The Kier molecular flexibility index (Phi) is 4.57. The summed E-state index contributed by atoms with van der Waals surface area (Å²) in [6.45, 7) is 4.44. The zero-order chi connectivity index (χ0) is 14.5. The number of aromatic nitrogens is 1. The molecule has 6 heteroatoms. The van der Waals surface area contributed by atoms with E-state index in [0.29, 0.717) is 23.6 Å². The number of nitrogens with zero attached hydrogens (tertiary/aromatic N) is 1. The Labute approximate surface area is 121 Å². The van der Waals surface area contributed by atoms with Crippen molar-refractivity contribution < 1.29 is 14.3 Å². The van der Waals surface area contributed by atoms with Crippen molar-refractivity contribution in [3.63, 3.8) is 0 Å². The maximum Gasteiger partial charge on any atom is 0.338 e. The van der Waals surface area contributed by atoms with E-state index in [9.17, 15) is 4.79 Å². The van der Waals surface area contributed by atoms with Gasteiger partial charge in [-0.3, -0.25) is 0 Å². The number of rotatable bonds is 5. The topological polar surface area (TPSA) is 74.4 Å². The highest BCUT2D eigenvalue weighted by Crippen LogP contribution is 2.20. The summed E-state index contributed by atoms with van der Waals surface area (Å²) in [6, 6.07) is 4.86. The number of carbonyl (C=O) groups excluding carboxylic acids is 1. The van der Waals surface area contributed by atoms with Gasteiger partial charge in [0.25, 0.3) is 0 Å². The highest BCUT2D eigenvalue weighted by atomic mass is 32.1. The van der Waals surface area contributed by atoms with E-state index in [0.717, 1.165) is 10.7 Å². The van der Waals surface area contributed by atoms with Crippen molar-refractivity contribution in [2.75, 3.05) is 12.3 Å². The molecule has 0 radical (unpaired) electrons. The fourth-order valence-corrected chi connectivity index (χ4v) is 2.28. The van der Waals surface area contributed by atoms with E-state index in [-0.39, 0.29) is 6.61 Å². The highest BCUT2D eigenvalue weighted by molar-refractivity contribution is 7.09. The Balaban J connectivity index is 2.04. The van der Waals surface area contributed by atoms with Gasteiger partial charge in [0.05, 0.1) is 22.9 Å². The molecular formula is C14H16N2O3S. The lowest BCUT2D eigenvalue weighted by Crippen LogP contribution is -2.07. The quantitative estimate of drug-likeness (QED) is 0.677. The van der Waals surface area contributed by atoms with Crippen LogP contribution >= 0.6 is 11.3 Å². The molecular weight excluding hydrogens is 276 g/mol.